The van der Waals surface area contributed by atoms with Crippen LogP contribution in [0.5, 0.6) is 0 Å². The maximum Gasteiger partial charge on any atom is 0.149 e. The molecule has 18 heavy (non-hydrogen) atoms. The lowest BCUT2D eigenvalue weighted by Crippen LogP contribution is -2.40. The zero-order chi connectivity index (χ0) is 12.8. The van der Waals surface area contributed by atoms with Crippen LogP contribution in [0.25, 0.3) is 0 Å². The zero-order valence-electron chi connectivity index (χ0n) is 10.6. The summed E-state index contributed by atoms with van der Waals surface area (Å²) in [5.74, 6) is 6.99. The van der Waals surface area contributed by atoms with Gasteiger partial charge < -0.3 is 15.6 Å². The Morgan fingerprint density at radius 3 is 2.72 bits per heavy atom. The predicted octanol–water partition coefficient (Wildman–Crippen LogP) is 0.374. The van der Waals surface area contributed by atoms with Crippen LogP contribution >= 0.6 is 0 Å². The van der Waals surface area contributed by atoms with Crippen molar-refractivity contribution in [2.75, 3.05) is 37.2 Å². The van der Waals surface area contributed by atoms with Crippen LogP contribution in [0.2, 0.25) is 0 Å². The van der Waals surface area contributed by atoms with Crippen LogP contribution in [0.4, 0.5) is 11.6 Å². The molecule has 1 saturated heterocycles. The number of morpholine rings is 1. The van der Waals surface area contributed by atoms with Gasteiger partial charge in [-0.15, -0.1) is 0 Å². The third-order valence-electron chi connectivity index (χ3n) is 2.86. The maximum absolute atomic E-state index is 5.48. The Hall–Kier alpha value is -1.44. The molecule has 0 spiro atoms. The summed E-state index contributed by atoms with van der Waals surface area (Å²) in [6.45, 7) is 5.29. The van der Waals surface area contributed by atoms with Crippen LogP contribution < -0.4 is 16.7 Å². The van der Waals surface area contributed by atoms with Gasteiger partial charge in [0, 0.05) is 18.7 Å². The molecule has 0 radical (unpaired) electrons. The number of aromatic nitrogens is 2. The normalized spacial score (nSPS) is 16.6. The van der Waals surface area contributed by atoms with E-state index in [4.69, 9.17) is 10.6 Å². The number of hydrogen-bond acceptors (Lipinski definition) is 7. The van der Waals surface area contributed by atoms with Crippen molar-refractivity contribution in [1.29, 1.82) is 0 Å². The van der Waals surface area contributed by atoms with E-state index in [0.717, 1.165) is 50.5 Å². The van der Waals surface area contributed by atoms with E-state index in [1.807, 2.05) is 0 Å². The molecule has 0 aromatic carbocycles. The molecule has 1 aliphatic heterocycles. The van der Waals surface area contributed by atoms with Gasteiger partial charge in [0.05, 0.1) is 13.2 Å². The number of nitrogens with two attached hydrogens (primary N) is 1. The zero-order valence-corrected chi connectivity index (χ0v) is 10.6. The summed E-state index contributed by atoms with van der Waals surface area (Å²) < 4.78 is 5.31. The van der Waals surface area contributed by atoms with Gasteiger partial charge in [0.25, 0.3) is 0 Å². The Balaban J connectivity index is 2.14. The molecule has 0 atom stereocenters. The van der Waals surface area contributed by atoms with E-state index in [2.05, 4.69) is 32.8 Å². The number of hydrazine groups is 2. The average molecular weight is 252 g/mol. The standard InChI is InChI=1S/C11H20N6O/c1-2-3-9-10(15-12)13-8-14-11(9)16-17-4-6-18-7-5-17/h8H,2-7,12H2,1H3,(H2,13,14,15,16). The second kappa shape index (κ2) is 6.48. The third-order valence-corrected chi connectivity index (χ3v) is 2.86. The van der Waals surface area contributed by atoms with Gasteiger partial charge in [-0.05, 0) is 6.42 Å². The number of ether oxygens (including phenoxy) is 1. The van der Waals surface area contributed by atoms with Gasteiger partial charge in [0.15, 0.2) is 0 Å². The SMILES string of the molecule is CCCc1c(NN)ncnc1NN1CCOCC1. The summed E-state index contributed by atoms with van der Waals surface area (Å²) in [5.41, 5.74) is 6.96. The van der Waals surface area contributed by atoms with Gasteiger partial charge in [-0.2, -0.15) is 0 Å². The van der Waals surface area contributed by atoms with Crippen LogP contribution in [0.1, 0.15) is 18.9 Å². The van der Waals surface area contributed by atoms with E-state index in [-0.39, 0.29) is 0 Å². The largest absolute Gasteiger partial charge is 0.379 e. The Morgan fingerprint density at radius 1 is 1.33 bits per heavy atom. The molecule has 1 aromatic heterocycles. The molecular weight excluding hydrogens is 232 g/mol. The third kappa shape index (κ3) is 3.06. The van der Waals surface area contributed by atoms with Gasteiger partial charge in [0.1, 0.15) is 18.0 Å². The molecule has 1 aliphatic rings. The molecule has 2 rings (SSSR count). The summed E-state index contributed by atoms with van der Waals surface area (Å²) >= 11 is 0. The summed E-state index contributed by atoms with van der Waals surface area (Å²) in [7, 11) is 0. The van der Waals surface area contributed by atoms with E-state index in [0.29, 0.717) is 5.82 Å². The number of nitrogens with zero attached hydrogens (tertiary/aromatic N) is 3. The summed E-state index contributed by atoms with van der Waals surface area (Å²) in [4.78, 5) is 8.44. The van der Waals surface area contributed by atoms with Crippen LogP contribution in [0, 0.1) is 0 Å². The topological polar surface area (TPSA) is 88.3 Å². The molecular formula is C11H20N6O. The second-order valence-electron chi connectivity index (χ2n) is 4.15. The van der Waals surface area contributed by atoms with Crippen LogP contribution in [-0.4, -0.2) is 41.3 Å². The minimum atomic E-state index is 0.683. The number of nitrogen functional groups attached to an aromatic ring is 1. The van der Waals surface area contributed by atoms with Gasteiger partial charge in [0.2, 0.25) is 0 Å². The molecule has 1 fully saturated rings. The molecule has 0 bridgehead atoms. The van der Waals surface area contributed by atoms with Gasteiger partial charge in [-0.25, -0.2) is 20.8 Å². The molecule has 4 N–H and O–H groups in total. The number of rotatable bonds is 5. The van der Waals surface area contributed by atoms with Crippen molar-refractivity contribution >= 4 is 11.6 Å². The Bertz CT molecular complexity index is 380. The van der Waals surface area contributed by atoms with Crippen molar-refractivity contribution < 1.29 is 4.74 Å². The number of anilines is 2. The van der Waals surface area contributed by atoms with Gasteiger partial charge in [-0.3, -0.25) is 0 Å². The Morgan fingerprint density at radius 2 is 2.06 bits per heavy atom. The van der Waals surface area contributed by atoms with Crippen molar-refractivity contribution in [2.45, 2.75) is 19.8 Å². The lowest BCUT2D eigenvalue weighted by Gasteiger charge is -2.28. The average Bonchev–Trinajstić information content (AvgIpc) is 2.42. The van der Waals surface area contributed by atoms with E-state index >= 15 is 0 Å². The van der Waals surface area contributed by atoms with E-state index in [1.54, 1.807) is 0 Å². The number of hydrogen-bond donors (Lipinski definition) is 3. The predicted molar refractivity (Wildman–Crippen MR) is 69.9 cm³/mol. The van der Waals surface area contributed by atoms with Crippen LogP contribution in [-0.2, 0) is 11.2 Å². The molecule has 1 aromatic rings. The smallest absolute Gasteiger partial charge is 0.149 e. The van der Waals surface area contributed by atoms with E-state index < -0.39 is 0 Å². The first kappa shape index (κ1) is 13.0. The lowest BCUT2D eigenvalue weighted by molar-refractivity contribution is 0.0494. The molecule has 7 nitrogen and oxygen atoms in total. The summed E-state index contributed by atoms with van der Waals surface area (Å²) in [5, 5.41) is 2.10. The van der Waals surface area contributed by atoms with Gasteiger partial charge in [-0.1, -0.05) is 13.3 Å². The van der Waals surface area contributed by atoms with Crippen molar-refractivity contribution in [3.8, 4) is 0 Å². The fourth-order valence-corrected chi connectivity index (χ4v) is 1.94. The molecule has 0 amide bonds. The minimum Gasteiger partial charge on any atom is -0.379 e. The quantitative estimate of drug-likeness (QED) is 0.515. The number of nitrogens with one attached hydrogen (secondary N) is 2. The Kier molecular flexibility index (Phi) is 4.68. The fourth-order valence-electron chi connectivity index (χ4n) is 1.94. The highest BCUT2D eigenvalue weighted by atomic mass is 16.5. The second-order valence-corrected chi connectivity index (χ2v) is 4.15. The molecule has 0 unspecified atom stereocenters. The molecule has 0 saturated carbocycles. The van der Waals surface area contributed by atoms with Gasteiger partial charge >= 0.3 is 0 Å². The summed E-state index contributed by atoms with van der Waals surface area (Å²) in [6.07, 6.45) is 3.41. The van der Waals surface area contributed by atoms with Crippen molar-refractivity contribution in [3.05, 3.63) is 11.9 Å². The van der Waals surface area contributed by atoms with Crippen LogP contribution in [0.3, 0.4) is 0 Å². The first-order valence-corrected chi connectivity index (χ1v) is 6.25. The molecule has 100 valence electrons. The first-order valence-electron chi connectivity index (χ1n) is 6.25. The lowest BCUT2D eigenvalue weighted by atomic mass is 10.1. The fraction of sp³-hybridized carbons (Fsp3) is 0.636. The van der Waals surface area contributed by atoms with Crippen molar-refractivity contribution in [3.63, 3.8) is 0 Å². The highest BCUT2D eigenvalue weighted by molar-refractivity contribution is 5.56. The highest BCUT2D eigenvalue weighted by Gasteiger charge is 2.15. The van der Waals surface area contributed by atoms with E-state index in [9.17, 15) is 0 Å². The first-order chi connectivity index (χ1) is 8.85. The molecule has 0 aliphatic carbocycles. The monoisotopic (exact) mass is 252 g/mol. The summed E-state index contributed by atoms with van der Waals surface area (Å²) in [6, 6.07) is 0. The molecule has 7 heteroatoms. The minimum absolute atomic E-state index is 0.683. The van der Waals surface area contributed by atoms with Crippen molar-refractivity contribution in [2.24, 2.45) is 5.84 Å². The Labute approximate surface area is 107 Å². The van der Waals surface area contributed by atoms with E-state index in [1.165, 1.54) is 6.33 Å². The highest BCUT2D eigenvalue weighted by Crippen LogP contribution is 2.21. The molecule has 2 heterocycles. The van der Waals surface area contributed by atoms with Crippen molar-refractivity contribution in [1.82, 2.24) is 15.0 Å². The van der Waals surface area contributed by atoms with Crippen LogP contribution in [0.15, 0.2) is 6.33 Å². The maximum atomic E-state index is 5.48.